The lowest BCUT2D eigenvalue weighted by Crippen LogP contribution is -2.28. The van der Waals surface area contributed by atoms with Crippen molar-refractivity contribution in [2.45, 2.75) is 26.4 Å². The molecule has 0 atom stereocenters. The third-order valence-electron chi connectivity index (χ3n) is 2.04. The number of benzene rings is 1. The summed E-state index contributed by atoms with van der Waals surface area (Å²) in [5.74, 6) is -0.761. The van der Waals surface area contributed by atoms with E-state index in [1.807, 2.05) is 0 Å². The predicted molar refractivity (Wildman–Crippen MR) is 67.6 cm³/mol. The van der Waals surface area contributed by atoms with Gasteiger partial charge in [-0.2, -0.15) is 0 Å². The van der Waals surface area contributed by atoms with E-state index in [1.165, 1.54) is 6.07 Å². The molecule has 0 aliphatic rings. The van der Waals surface area contributed by atoms with Crippen molar-refractivity contribution in [3.8, 4) is 5.75 Å². The van der Waals surface area contributed by atoms with Crippen molar-refractivity contribution in [3.63, 3.8) is 0 Å². The number of carboxylic acids is 1. The van der Waals surface area contributed by atoms with Gasteiger partial charge in [0.15, 0.2) is 0 Å². The number of aliphatic hydroxyl groups is 1. The maximum atomic E-state index is 11.1. The Labute approximate surface area is 108 Å². The minimum absolute atomic E-state index is 0.0375. The largest absolute Gasteiger partial charge is 0.489 e. The first-order valence-electron chi connectivity index (χ1n) is 5.09. The van der Waals surface area contributed by atoms with Crippen LogP contribution in [0.15, 0.2) is 16.6 Å². The molecule has 94 valence electrons. The first kappa shape index (κ1) is 14.0. The molecule has 5 heteroatoms. The second-order valence-corrected chi connectivity index (χ2v) is 5.42. The Kier molecular flexibility index (Phi) is 4.16. The third-order valence-corrected chi connectivity index (χ3v) is 2.50. The van der Waals surface area contributed by atoms with E-state index < -0.39 is 11.6 Å². The van der Waals surface area contributed by atoms with Gasteiger partial charge in [0, 0.05) is 4.47 Å². The summed E-state index contributed by atoms with van der Waals surface area (Å²) in [6.45, 7) is 5.00. The second-order valence-electron chi connectivity index (χ2n) is 4.51. The van der Waals surface area contributed by atoms with Gasteiger partial charge >= 0.3 is 5.97 Å². The predicted octanol–water partition coefficient (Wildman–Crippen LogP) is 2.61. The van der Waals surface area contributed by atoms with Crippen LogP contribution >= 0.6 is 15.9 Å². The summed E-state index contributed by atoms with van der Waals surface area (Å²) >= 11 is 3.24. The minimum atomic E-state index is -1.06. The average molecular weight is 303 g/mol. The molecule has 0 fully saturated rings. The van der Waals surface area contributed by atoms with Crippen LogP contribution in [0.4, 0.5) is 0 Å². The van der Waals surface area contributed by atoms with E-state index in [0.717, 1.165) is 0 Å². The number of hydrogen-bond acceptors (Lipinski definition) is 3. The lowest BCUT2D eigenvalue weighted by atomic mass is 10.1. The summed E-state index contributed by atoms with van der Waals surface area (Å²) in [4.78, 5) is 11.1. The highest BCUT2D eigenvalue weighted by molar-refractivity contribution is 9.10. The maximum absolute atomic E-state index is 11.1. The Balaban J connectivity index is 3.09. The monoisotopic (exact) mass is 302 g/mol. The summed E-state index contributed by atoms with van der Waals surface area (Å²) in [6, 6.07) is 3.25. The SMILES string of the molecule is Cc1cc(Br)cc(C(=O)O)c1OCC(C)(C)O. The molecule has 0 unspecified atom stereocenters. The van der Waals surface area contributed by atoms with Gasteiger partial charge in [-0.3, -0.25) is 0 Å². The van der Waals surface area contributed by atoms with Crippen LogP contribution in [0.3, 0.4) is 0 Å². The molecule has 0 amide bonds. The molecule has 1 aromatic carbocycles. The molecule has 0 spiro atoms. The third kappa shape index (κ3) is 4.02. The molecule has 0 aromatic heterocycles. The quantitative estimate of drug-likeness (QED) is 0.897. The van der Waals surface area contributed by atoms with Gasteiger partial charge in [-0.1, -0.05) is 15.9 Å². The van der Waals surface area contributed by atoms with E-state index in [-0.39, 0.29) is 12.2 Å². The number of halogens is 1. The molecule has 0 radical (unpaired) electrons. The van der Waals surface area contributed by atoms with Gasteiger partial charge in [0.1, 0.15) is 17.9 Å². The number of aryl methyl sites for hydroxylation is 1. The van der Waals surface area contributed by atoms with Gasteiger partial charge in [-0.05, 0) is 38.5 Å². The van der Waals surface area contributed by atoms with Crippen LogP contribution in [0.1, 0.15) is 29.8 Å². The van der Waals surface area contributed by atoms with Crippen molar-refractivity contribution in [2.75, 3.05) is 6.61 Å². The number of carbonyl (C=O) groups is 1. The average Bonchev–Trinajstić information content (AvgIpc) is 2.13. The Morgan fingerprint density at radius 3 is 2.53 bits per heavy atom. The van der Waals surface area contributed by atoms with E-state index in [1.54, 1.807) is 26.8 Å². The normalized spacial score (nSPS) is 11.4. The van der Waals surface area contributed by atoms with Gasteiger partial charge in [-0.15, -0.1) is 0 Å². The number of aromatic carboxylic acids is 1. The smallest absolute Gasteiger partial charge is 0.339 e. The van der Waals surface area contributed by atoms with Crippen LogP contribution in [0, 0.1) is 6.92 Å². The lowest BCUT2D eigenvalue weighted by Gasteiger charge is -2.20. The van der Waals surface area contributed by atoms with Crippen molar-refractivity contribution >= 4 is 21.9 Å². The molecular weight excluding hydrogens is 288 g/mol. The zero-order chi connectivity index (χ0) is 13.2. The van der Waals surface area contributed by atoms with Crippen LogP contribution in [0.2, 0.25) is 0 Å². The molecular formula is C12H15BrO4. The van der Waals surface area contributed by atoms with Gasteiger partial charge < -0.3 is 14.9 Å². The molecule has 0 saturated heterocycles. The van der Waals surface area contributed by atoms with E-state index in [4.69, 9.17) is 9.84 Å². The number of carboxylic acid groups (broad SMARTS) is 1. The summed E-state index contributed by atoms with van der Waals surface area (Å²) in [5, 5.41) is 18.7. The molecule has 0 aliphatic heterocycles. The highest BCUT2D eigenvalue weighted by atomic mass is 79.9. The van der Waals surface area contributed by atoms with Crippen molar-refractivity contribution < 1.29 is 19.7 Å². The minimum Gasteiger partial charge on any atom is -0.489 e. The van der Waals surface area contributed by atoms with E-state index in [9.17, 15) is 9.90 Å². The van der Waals surface area contributed by atoms with Crippen molar-refractivity contribution in [2.24, 2.45) is 0 Å². The zero-order valence-electron chi connectivity index (χ0n) is 9.95. The van der Waals surface area contributed by atoms with Crippen molar-refractivity contribution in [1.82, 2.24) is 0 Å². The van der Waals surface area contributed by atoms with Crippen molar-refractivity contribution in [1.29, 1.82) is 0 Å². The fourth-order valence-electron chi connectivity index (χ4n) is 1.33. The summed E-state index contributed by atoms with van der Waals surface area (Å²) < 4.78 is 6.08. The van der Waals surface area contributed by atoms with E-state index in [0.29, 0.717) is 15.8 Å². The number of hydrogen-bond donors (Lipinski definition) is 2. The van der Waals surface area contributed by atoms with E-state index >= 15 is 0 Å². The Hall–Kier alpha value is -1.07. The van der Waals surface area contributed by atoms with Crippen LogP contribution in [-0.2, 0) is 0 Å². The van der Waals surface area contributed by atoms with Gasteiger partial charge in [-0.25, -0.2) is 4.79 Å². The first-order chi connectivity index (χ1) is 7.70. The first-order valence-corrected chi connectivity index (χ1v) is 5.88. The fraction of sp³-hybridized carbons (Fsp3) is 0.417. The van der Waals surface area contributed by atoms with Gasteiger partial charge in [0.05, 0.1) is 5.60 Å². The standard InChI is InChI=1S/C12H15BrO4/c1-7-4-8(13)5-9(11(14)15)10(7)17-6-12(2,3)16/h4-5,16H,6H2,1-3H3,(H,14,15). The summed E-state index contributed by atoms with van der Waals surface area (Å²) in [5.41, 5.74) is -0.211. The Bertz CT molecular complexity index is 435. The summed E-state index contributed by atoms with van der Waals surface area (Å²) in [6.07, 6.45) is 0. The van der Waals surface area contributed by atoms with Crippen LogP contribution in [0.25, 0.3) is 0 Å². The second kappa shape index (κ2) is 5.06. The molecule has 1 rings (SSSR count). The molecule has 1 aromatic rings. The Morgan fingerprint density at radius 2 is 2.06 bits per heavy atom. The fourth-order valence-corrected chi connectivity index (χ4v) is 1.90. The zero-order valence-corrected chi connectivity index (χ0v) is 11.5. The van der Waals surface area contributed by atoms with Crippen LogP contribution in [-0.4, -0.2) is 28.4 Å². The molecule has 0 bridgehead atoms. The molecule has 4 nitrogen and oxygen atoms in total. The molecule has 2 N–H and O–H groups in total. The number of ether oxygens (including phenoxy) is 1. The molecule has 17 heavy (non-hydrogen) atoms. The maximum Gasteiger partial charge on any atom is 0.339 e. The van der Waals surface area contributed by atoms with Crippen LogP contribution in [0.5, 0.6) is 5.75 Å². The van der Waals surface area contributed by atoms with E-state index in [2.05, 4.69) is 15.9 Å². The van der Waals surface area contributed by atoms with Gasteiger partial charge in [0.25, 0.3) is 0 Å². The lowest BCUT2D eigenvalue weighted by molar-refractivity contribution is 0.0273. The highest BCUT2D eigenvalue weighted by Crippen LogP contribution is 2.28. The molecule has 0 aliphatic carbocycles. The summed E-state index contributed by atoms with van der Waals surface area (Å²) in [7, 11) is 0. The van der Waals surface area contributed by atoms with Crippen molar-refractivity contribution in [3.05, 3.63) is 27.7 Å². The molecule has 0 saturated carbocycles. The van der Waals surface area contributed by atoms with Gasteiger partial charge in [0.2, 0.25) is 0 Å². The number of rotatable bonds is 4. The van der Waals surface area contributed by atoms with Crippen LogP contribution < -0.4 is 4.74 Å². The topological polar surface area (TPSA) is 66.8 Å². The molecule has 0 heterocycles. The Morgan fingerprint density at radius 1 is 1.47 bits per heavy atom. The highest BCUT2D eigenvalue weighted by Gasteiger charge is 2.19.